The minimum absolute atomic E-state index is 0.0210. The molecule has 1 amide bonds. The van der Waals surface area contributed by atoms with Gasteiger partial charge in [0.15, 0.2) is 6.61 Å². The van der Waals surface area contributed by atoms with Crippen molar-refractivity contribution in [2.24, 2.45) is 0 Å². The summed E-state index contributed by atoms with van der Waals surface area (Å²) in [4.78, 5) is 22.1. The Kier molecular flexibility index (Phi) is 4.74. The molecule has 0 atom stereocenters. The van der Waals surface area contributed by atoms with Gasteiger partial charge in [0.2, 0.25) is 0 Å². The van der Waals surface area contributed by atoms with Gasteiger partial charge in [0.1, 0.15) is 11.6 Å². The van der Waals surface area contributed by atoms with Gasteiger partial charge in [-0.05, 0) is 25.0 Å². The van der Waals surface area contributed by atoms with Gasteiger partial charge in [0.25, 0.3) is 11.6 Å². The van der Waals surface area contributed by atoms with E-state index in [2.05, 4.69) is 10.4 Å². The molecule has 8 heteroatoms. The molecule has 0 bridgehead atoms. The number of aromatic nitrogens is 2. The minimum Gasteiger partial charge on any atom is -0.484 e. The number of nitro groups is 1. The molecule has 0 saturated heterocycles. The van der Waals surface area contributed by atoms with Gasteiger partial charge in [-0.3, -0.25) is 14.9 Å². The van der Waals surface area contributed by atoms with E-state index < -0.39 is 4.92 Å². The number of hydrogen-bond acceptors (Lipinski definition) is 5. The van der Waals surface area contributed by atoms with Gasteiger partial charge < -0.3 is 10.1 Å². The summed E-state index contributed by atoms with van der Waals surface area (Å²) in [6.07, 6.45) is 6.18. The number of carbonyl (C=O) groups excluding carboxylic acids is 1. The summed E-state index contributed by atoms with van der Waals surface area (Å²) >= 11 is 0. The summed E-state index contributed by atoms with van der Waals surface area (Å²) in [5.41, 5.74) is -0.0210. The van der Waals surface area contributed by atoms with E-state index in [1.54, 1.807) is 12.3 Å². The van der Waals surface area contributed by atoms with E-state index in [9.17, 15) is 14.9 Å². The molecule has 1 aromatic carbocycles. The average Bonchev–Trinajstić information content (AvgIpc) is 3.24. The lowest BCUT2D eigenvalue weighted by Gasteiger charge is -2.14. The summed E-state index contributed by atoms with van der Waals surface area (Å²) in [7, 11) is 0. The Balaban J connectivity index is 1.54. The van der Waals surface area contributed by atoms with Crippen LogP contribution in [0.2, 0.25) is 0 Å². The Labute approximate surface area is 138 Å². The first-order valence-electron chi connectivity index (χ1n) is 7.84. The van der Waals surface area contributed by atoms with Crippen LogP contribution in [0.5, 0.6) is 5.75 Å². The lowest BCUT2D eigenvalue weighted by molar-refractivity contribution is -0.384. The molecule has 1 aliphatic rings. The second kappa shape index (κ2) is 7.12. The van der Waals surface area contributed by atoms with Crippen LogP contribution in [-0.4, -0.2) is 27.2 Å². The molecule has 1 saturated carbocycles. The van der Waals surface area contributed by atoms with Crippen LogP contribution in [-0.2, 0) is 4.79 Å². The quantitative estimate of drug-likeness (QED) is 0.648. The number of benzene rings is 1. The number of nitrogens with one attached hydrogen (secondary N) is 1. The predicted octanol–water partition coefficient (Wildman–Crippen LogP) is 2.92. The molecule has 0 aliphatic heterocycles. The summed E-state index contributed by atoms with van der Waals surface area (Å²) in [5.74, 6) is 0.771. The van der Waals surface area contributed by atoms with E-state index in [1.165, 1.54) is 37.1 Å². The van der Waals surface area contributed by atoms with Gasteiger partial charge in [0.05, 0.1) is 17.2 Å². The van der Waals surface area contributed by atoms with Crippen molar-refractivity contribution in [1.29, 1.82) is 0 Å². The van der Waals surface area contributed by atoms with Crippen molar-refractivity contribution < 1.29 is 14.5 Å². The molecule has 2 aromatic rings. The zero-order chi connectivity index (χ0) is 16.9. The highest BCUT2D eigenvalue weighted by Crippen LogP contribution is 2.31. The topological polar surface area (TPSA) is 99.3 Å². The molecule has 126 valence electrons. The number of nitrogens with zero attached hydrogens (tertiary/aromatic N) is 3. The van der Waals surface area contributed by atoms with Gasteiger partial charge in [-0.25, -0.2) is 4.68 Å². The van der Waals surface area contributed by atoms with Gasteiger partial charge in [-0.2, -0.15) is 5.10 Å². The highest BCUT2D eigenvalue weighted by Gasteiger charge is 2.20. The number of ether oxygens (including phenoxy) is 1. The number of nitro benzene ring substituents is 1. The fourth-order valence-electron chi connectivity index (χ4n) is 2.84. The molecular weight excluding hydrogens is 312 g/mol. The normalized spacial score (nSPS) is 14.5. The molecule has 0 unspecified atom stereocenters. The van der Waals surface area contributed by atoms with Crippen molar-refractivity contribution in [1.82, 2.24) is 9.78 Å². The average molecular weight is 330 g/mol. The minimum atomic E-state index is -0.485. The molecule has 1 aromatic heterocycles. The summed E-state index contributed by atoms with van der Waals surface area (Å²) in [5, 5.41) is 17.7. The van der Waals surface area contributed by atoms with Gasteiger partial charge in [-0.1, -0.05) is 12.8 Å². The maximum absolute atomic E-state index is 12.0. The second-order valence-corrected chi connectivity index (χ2v) is 5.69. The van der Waals surface area contributed by atoms with Crippen molar-refractivity contribution in [2.45, 2.75) is 31.7 Å². The number of rotatable bonds is 6. The monoisotopic (exact) mass is 330 g/mol. The third-order valence-electron chi connectivity index (χ3n) is 4.03. The molecule has 1 N–H and O–H groups in total. The van der Waals surface area contributed by atoms with Crippen molar-refractivity contribution in [2.75, 3.05) is 11.9 Å². The molecule has 3 rings (SSSR count). The molecule has 24 heavy (non-hydrogen) atoms. The Morgan fingerprint density at radius 1 is 1.29 bits per heavy atom. The van der Waals surface area contributed by atoms with Gasteiger partial charge in [-0.15, -0.1) is 0 Å². The van der Waals surface area contributed by atoms with E-state index in [1.807, 2.05) is 4.68 Å². The molecule has 0 spiro atoms. The lowest BCUT2D eigenvalue weighted by atomic mass is 10.2. The predicted molar refractivity (Wildman–Crippen MR) is 87.0 cm³/mol. The summed E-state index contributed by atoms with van der Waals surface area (Å²) in [6.45, 7) is -0.173. The molecule has 1 heterocycles. The highest BCUT2D eigenvalue weighted by molar-refractivity contribution is 5.91. The van der Waals surface area contributed by atoms with Crippen LogP contribution in [0, 0.1) is 10.1 Å². The molecule has 8 nitrogen and oxygen atoms in total. The van der Waals surface area contributed by atoms with E-state index in [-0.39, 0.29) is 18.2 Å². The van der Waals surface area contributed by atoms with Crippen molar-refractivity contribution in [3.63, 3.8) is 0 Å². The fourth-order valence-corrected chi connectivity index (χ4v) is 2.84. The van der Waals surface area contributed by atoms with E-state index in [4.69, 9.17) is 4.74 Å². The number of amides is 1. The third kappa shape index (κ3) is 3.70. The zero-order valence-corrected chi connectivity index (χ0v) is 13.1. The number of anilines is 1. The first-order chi connectivity index (χ1) is 11.6. The van der Waals surface area contributed by atoms with Crippen LogP contribution in [0.15, 0.2) is 36.5 Å². The van der Waals surface area contributed by atoms with Crippen molar-refractivity contribution in [3.05, 3.63) is 46.6 Å². The highest BCUT2D eigenvalue weighted by atomic mass is 16.6. The van der Waals surface area contributed by atoms with Crippen molar-refractivity contribution in [3.8, 4) is 5.75 Å². The standard InChI is InChI=1S/C16H18N4O4/c21-16(11-24-14-7-5-13(6-8-14)20(22)23)18-15-9-10-17-19(15)12-3-1-2-4-12/h5-10,12H,1-4,11H2,(H,18,21). The molecule has 0 radical (unpaired) electrons. The van der Waals surface area contributed by atoms with Crippen LogP contribution < -0.4 is 10.1 Å². The Morgan fingerprint density at radius 2 is 2.00 bits per heavy atom. The van der Waals surface area contributed by atoms with Crippen LogP contribution in [0.3, 0.4) is 0 Å². The fraction of sp³-hybridized carbons (Fsp3) is 0.375. The Morgan fingerprint density at radius 3 is 2.67 bits per heavy atom. The number of carbonyl (C=O) groups is 1. The van der Waals surface area contributed by atoms with E-state index >= 15 is 0 Å². The lowest BCUT2D eigenvalue weighted by Crippen LogP contribution is -2.23. The van der Waals surface area contributed by atoms with Crippen LogP contribution >= 0.6 is 0 Å². The van der Waals surface area contributed by atoms with Crippen LogP contribution in [0.25, 0.3) is 0 Å². The van der Waals surface area contributed by atoms with Gasteiger partial charge >= 0.3 is 0 Å². The second-order valence-electron chi connectivity index (χ2n) is 5.69. The maximum Gasteiger partial charge on any atom is 0.269 e. The van der Waals surface area contributed by atoms with Crippen LogP contribution in [0.1, 0.15) is 31.7 Å². The zero-order valence-electron chi connectivity index (χ0n) is 13.1. The Hall–Kier alpha value is -2.90. The van der Waals surface area contributed by atoms with E-state index in [0.717, 1.165) is 12.8 Å². The van der Waals surface area contributed by atoms with E-state index in [0.29, 0.717) is 17.6 Å². The maximum atomic E-state index is 12.0. The first kappa shape index (κ1) is 16.0. The Bertz CT molecular complexity index is 720. The smallest absolute Gasteiger partial charge is 0.269 e. The summed E-state index contributed by atoms with van der Waals surface area (Å²) < 4.78 is 7.21. The largest absolute Gasteiger partial charge is 0.484 e. The summed E-state index contributed by atoms with van der Waals surface area (Å²) in [6, 6.07) is 7.71. The molecule has 1 fully saturated rings. The third-order valence-corrected chi connectivity index (χ3v) is 4.03. The van der Waals surface area contributed by atoms with Gasteiger partial charge in [0, 0.05) is 18.2 Å². The molecular formula is C16H18N4O4. The van der Waals surface area contributed by atoms with Crippen LogP contribution in [0.4, 0.5) is 11.5 Å². The van der Waals surface area contributed by atoms with Crippen molar-refractivity contribution >= 4 is 17.4 Å². The first-order valence-corrected chi connectivity index (χ1v) is 7.84. The number of non-ortho nitro benzene ring substituents is 1. The number of hydrogen-bond donors (Lipinski definition) is 1. The molecule has 1 aliphatic carbocycles. The SMILES string of the molecule is O=C(COc1ccc([N+](=O)[O-])cc1)Nc1ccnn1C1CCCC1.